The normalized spacial score (nSPS) is 22.7. The Hall–Kier alpha value is -0.910. The molecule has 20 heavy (non-hydrogen) atoms. The number of aliphatic hydroxyl groups excluding tert-OH is 1. The van der Waals surface area contributed by atoms with Gasteiger partial charge in [0.1, 0.15) is 0 Å². The summed E-state index contributed by atoms with van der Waals surface area (Å²) in [4.78, 5) is 13.5. The summed E-state index contributed by atoms with van der Waals surface area (Å²) in [6, 6.07) is 4.47. The van der Waals surface area contributed by atoms with Gasteiger partial charge in [-0.1, -0.05) is 12.8 Å². The number of carbonyl (C=O) groups is 1. The molecule has 0 spiro atoms. The number of hydrogen-bond acceptors (Lipinski definition) is 5. The van der Waals surface area contributed by atoms with Gasteiger partial charge < -0.3 is 15.2 Å². The van der Waals surface area contributed by atoms with Gasteiger partial charge in [-0.05, 0) is 30.9 Å². The molecule has 0 radical (unpaired) electrons. The maximum atomic E-state index is 11.2. The van der Waals surface area contributed by atoms with Crippen molar-refractivity contribution in [3.63, 3.8) is 0 Å². The number of thiophene rings is 1. The number of aliphatic hydroxyl groups is 1. The highest BCUT2D eigenvalue weighted by Gasteiger charge is 2.23. The highest BCUT2D eigenvalue weighted by atomic mass is 32.1. The lowest BCUT2D eigenvalue weighted by molar-refractivity contribution is -0.139. The van der Waals surface area contributed by atoms with Crippen molar-refractivity contribution in [2.24, 2.45) is 5.92 Å². The summed E-state index contributed by atoms with van der Waals surface area (Å²) in [5, 5.41) is 13.0. The highest BCUT2D eigenvalue weighted by molar-refractivity contribution is 7.12. The molecule has 0 aromatic carbocycles. The zero-order chi connectivity index (χ0) is 14.4. The number of esters is 1. The van der Waals surface area contributed by atoms with Crippen LogP contribution in [0.5, 0.6) is 0 Å². The molecule has 0 saturated heterocycles. The number of hydrogen-bond donors (Lipinski definition) is 2. The van der Waals surface area contributed by atoms with Gasteiger partial charge in [0.15, 0.2) is 0 Å². The van der Waals surface area contributed by atoms with Crippen LogP contribution in [-0.4, -0.2) is 30.8 Å². The molecule has 0 aliphatic heterocycles. The van der Waals surface area contributed by atoms with E-state index >= 15 is 0 Å². The summed E-state index contributed by atoms with van der Waals surface area (Å²) < 4.78 is 4.67. The lowest BCUT2D eigenvalue weighted by atomic mass is 9.85. The van der Waals surface area contributed by atoms with Crippen LogP contribution in [0.2, 0.25) is 0 Å². The van der Waals surface area contributed by atoms with E-state index < -0.39 is 0 Å². The molecule has 4 nitrogen and oxygen atoms in total. The van der Waals surface area contributed by atoms with Crippen LogP contribution >= 0.6 is 11.3 Å². The second-order valence-electron chi connectivity index (χ2n) is 5.34. The number of nitrogens with one attached hydrogen (secondary N) is 1. The molecule has 112 valence electrons. The third kappa shape index (κ3) is 4.30. The number of rotatable bonds is 6. The van der Waals surface area contributed by atoms with E-state index in [1.165, 1.54) is 24.8 Å². The molecular weight excluding hydrogens is 274 g/mol. The quantitative estimate of drug-likeness (QED) is 0.790. The van der Waals surface area contributed by atoms with Crippen molar-refractivity contribution in [2.45, 2.75) is 44.7 Å². The van der Waals surface area contributed by atoms with Crippen molar-refractivity contribution >= 4 is 17.3 Å². The monoisotopic (exact) mass is 297 g/mol. The van der Waals surface area contributed by atoms with Crippen LogP contribution in [0.1, 0.15) is 35.4 Å². The first-order chi connectivity index (χ1) is 9.72. The molecule has 2 unspecified atom stereocenters. The van der Waals surface area contributed by atoms with E-state index in [4.69, 9.17) is 0 Å². The van der Waals surface area contributed by atoms with Gasteiger partial charge in [-0.15, -0.1) is 11.3 Å². The van der Waals surface area contributed by atoms with Crippen LogP contribution in [0.25, 0.3) is 0 Å². The average Bonchev–Trinajstić information content (AvgIpc) is 2.92. The molecule has 1 fully saturated rings. The molecular formula is C15H23NO3S. The Balaban J connectivity index is 1.82. The summed E-state index contributed by atoms with van der Waals surface area (Å²) in [6.45, 7) is 1.09. The van der Waals surface area contributed by atoms with Crippen molar-refractivity contribution in [1.82, 2.24) is 5.32 Å². The molecule has 1 aliphatic rings. The van der Waals surface area contributed by atoms with Gasteiger partial charge in [-0.25, -0.2) is 0 Å². The van der Waals surface area contributed by atoms with Crippen molar-refractivity contribution in [2.75, 3.05) is 13.7 Å². The second-order valence-corrected chi connectivity index (χ2v) is 6.59. The van der Waals surface area contributed by atoms with Crippen molar-refractivity contribution in [1.29, 1.82) is 0 Å². The average molecular weight is 297 g/mol. The first-order valence-corrected chi connectivity index (χ1v) is 8.03. The van der Waals surface area contributed by atoms with Crippen molar-refractivity contribution in [3.8, 4) is 0 Å². The lowest BCUT2D eigenvalue weighted by Gasteiger charge is -2.30. The molecule has 5 heteroatoms. The van der Waals surface area contributed by atoms with E-state index in [-0.39, 0.29) is 12.6 Å². The van der Waals surface area contributed by atoms with E-state index in [1.807, 2.05) is 6.07 Å². The standard InChI is InChI=1S/C15H23NO3S/c1-19-15(18)8-12-6-7-13(20-12)9-16-14-5-3-2-4-11(14)10-17/h6-7,11,14,16-17H,2-5,8-10H2,1H3. The van der Waals surface area contributed by atoms with Crippen LogP contribution in [0.3, 0.4) is 0 Å². The highest BCUT2D eigenvalue weighted by Crippen LogP contribution is 2.25. The van der Waals surface area contributed by atoms with Crippen LogP contribution in [0, 0.1) is 5.92 Å². The zero-order valence-electron chi connectivity index (χ0n) is 11.9. The molecule has 0 bridgehead atoms. The van der Waals surface area contributed by atoms with Gasteiger partial charge in [-0.3, -0.25) is 4.79 Å². The molecule has 2 atom stereocenters. The first-order valence-electron chi connectivity index (χ1n) is 7.21. The minimum atomic E-state index is -0.195. The van der Waals surface area contributed by atoms with Crippen LogP contribution < -0.4 is 5.32 Å². The third-order valence-electron chi connectivity index (χ3n) is 3.95. The Morgan fingerprint density at radius 3 is 2.90 bits per heavy atom. The summed E-state index contributed by atoms with van der Waals surface area (Å²) >= 11 is 1.65. The Morgan fingerprint density at radius 2 is 2.15 bits per heavy atom. The van der Waals surface area contributed by atoms with E-state index in [1.54, 1.807) is 11.3 Å². The van der Waals surface area contributed by atoms with E-state index in [2.05, 4.69) is 16.1 Å². The predicted molar refractivity (Wildman–Crippen MR) is 79.7 cm³/mol. The Labute approximate surface area is 124 Å². The van der Waals surface area contributed by atoms with Crippen molar-refractivity contribution < 1.29 is 14.6 Å². The summed E-state index contributed by atoms with van der Waals surface area (Å²) in [5.41, 5.74) is 0. The van der Waals surface area contributed by atoms with Gasteiger partial charge in [0.05, 0.1) is 13.5 Å². The number of methoxy groups -OCH3 is 1. The zero-order valence-corrected chi connectivity index (χ0v) is 12.7. The fourth-order valence-electron chi connectivity index (χ4n) is 2.75. The topological polar surface area (TPSA) is 58.6 Å². The largest absolute Gasteiger partial charge is 0.469 e. The van der Waals surface area contributed by atoms with Gasteiger partial charge in [0.2, 0.25) is 0 Å². The molecule has 0 amide bonds. The predicted octanol–water partition coefficient (Wildman–Crippen LogP) is 2.10. The van der Waals surface area contributed by atoms with Crippen LogP contribution in [0.4, 0.5) is 0 Å². The van der Waals surface area contributed by atoms with E-state index in [0.29, 0.717) is 18.4 Å². The molecule has 1 heterocycles. The summed E-state index contributed by atoms with van der Waals surface area (Å²) in [5.74, 6) is 0.192. The smallest absolute Gasteiger partial charge is 0.310 e. The minimum absolute atomic E-state index is 0.195. The van der Waals surface area contributed by atoms with Gasteiger partial charge in [-0.2, -0.15) is 0 Å². The maximum Gasteiger partial charge on any atom is 0.310 e. The van der Waals surface area contributed by atoms with Gasteiger partial charge in [0, 0.05) is 28.9 Å². The van der Waals surface area contributed by atoms with Gasteiger partial charge in [0.25, 0.3) is 0 Å². The van der Waals surface area contributed by atoms with Crippen LogP contribution in [-0.2, 0) is 22.5 Å². The maximum absolute atomic E-state index is 11.2. The molecule has 2 rings (SSSR count). The molecule has 1 aromatic rings. The minimum Gasteiger partial charge on any atom is -0.469 e. The molecule has 2 N–H and O–H groups in total. The fourth-order valence-corrected chi connectivity index (χ4v) is 3.71. The Bertz CT molecular complexity index is 433. The van der Waals surface area contributed by atoms with Gasteiger partial charge >= 0.3 is 5.97 Å². The van der Waals surface area contributed by atoms with Crippen molar-refractivity contribution in [3.05, 3.63) is 21.9 Å². The fraction of sp³-hybridized carbons (Fsp3) is 0.667. The molecule has 1 saturated carbocycles. The Kier molecular flexibility index (Phi) is 6.01. The summed E-state index contributed by atoms with van der Waals surface area (Å²) in [7, 11) is 1.41. The molecule has 1 aliphatic carbocycles. The number of ether oxygens (including phenoxy) is 1. The SMILES string of the molecule is COC(=O)Cc1ccc(CNC2CCCCC2CO)s1. The number of carbonyl (C=O) groups excluding carboxylic acids is 1. The first kappa shape index (κ1) is 15.5. The summed E-state index contributed by atoms with van der Waals surface area (Å²) in [6.07, 6.45) is 5.08. The molecule has 1 aromatic heterocycles. The van der Waals surface area contributed by atoms with E-state index in [9.17, 15) is 9.90 Å². The second kappa shape index (κ2) is 7.76. The lowest BCUT2D eigenvalue weighted by Crippen LogP contribution is -2.39. The Morgan fingerprint density at radius 1 is 1.40 bits per heavy atom. The third-order valence-corrected chi connectivity index (χ3v) is 5.03. The van der Waals surface area contributed by atoms with E-state index in [0.717, 1.165) is 24.3 Å². The van der Waals surface area contributed by atoms with Crippen LogP contribution in [0.15, 0.2) is 12.1 Å².